The molecule has 0 saturated carbocycles. The number of hydrogen-bond acceptors (Lipinski definition) is 5. The van der Waals surface area contributed by atoms with Gasteiger partial charge in [-0.3, -0.25) is 9.63 Å². The topological polar surface area (TPSA) is 85.3 Å². The lowest BCUT2D eigenvalue weighted by atomic mass is 10.2. The number of hydrogen-bond donors (Lipinski definition) is 1. The van der Waals surface area contributed by atoms with E-state index in [0.29, 0.717) is 6.61 Å². The molecule has 2 aliphatic heterocycles. The van der Waals surface area contributed by atoms with E-state index >= 15 is 0 Å². The maximum absolute atomic E-state index is 11.8. The van der Waals surface area contributed by atoms with E-state index in [4.69, 9.17) is 19.4 Å². The molecule has 1 amide bonds. The largest absolute Gasteiger partial charge is 0.480 e. The van der Waals surface area contributed by atoms with E-state index in [2.05, 4.69) is 0 Å². The molecule has 19 heavy (non-hydrogen) atoms. The second kappa shape index (κ2) is 6.31. The van der Waals surface area contributed by atoms with Crippen LogP contribution in [0.25, 0.3) is 0 Å². The molecule has 0 bridgehead atoms. The number of nitrogens with zero attached hydrogens (tertiary/aromatic N) is 1. The van der Waals surface area contributed by atoms with Crippen molar-refractivity contribution in [1.29, 1.82) is 0 Å². The average molecular weight is 273 g/mol. The van der Waals surface area contributed by atoms with Gasteiger partial charge in [-0.25, -0.2) is 9.86 Å². The standard InChI is InChI=1S/C12H19NO6/c1-8(12(15)16)13-10(14)6-9(7-18-13)19-11-4-2-3-5-17-11/h8-9,11H,2-7H2,1H3,(H,15,16). The monoisotopic (exact) mass is 273 g/mol. The molecule has 0 aromatic rings. The molecule has 0 radical (unpaired) electrons. The Morgan fingerprint density at radius 3 is 2.89 bits per heavy atom. The minimum Gasteiger partial charge on any atom is -0.480 e. The minimum absolute atomic E-state index is 0.122. The van der Waals surface area contributed by atoms with E-state index in [1.807, 2.05) is 0 Å². The Balaban J connectivity index is 1.82. The first-order valence-electron chi connectivity index (χ1n) is 6.53. The Morgan fingerprint density at radius 2 is 2.32 bits per heavy atom. The summed E-state index contributed by atoms with van der Waals surface area (Å²) in [6.07, 6.45) is 2.38. The SMILES string of the molecule is CC(C(=O)O)N1OCC(OC2CCCCO2)CC1=O. The summed E-state index contributed by atoms with van der Waals surface area (Å²) < 4.78 is 11.1. The van der Waals surface area contributed by atoms with Crippen LogP contribution in [0.5, 0.6) is 0 Å². The molecule has 0 aromatic heterocycles. The summed E-state index contributed by atoms with van der Waals surface area (Å²) in [5, 5.41) is 9.76. The normalized spacial score (nSPS) is 30.2. The maximum atomic E-state index is 11.8. The van der Waals surface area contributed by atoms with Crippen LogP contribution in [0.15, 0.2) is 0 Å². The van der Waals surface area contributed by atoms with Crippen molar-refractivity contribution in [3.8, 4) is 0 Å². The zero-order valence-corrected chi connectivity index (χ0v) is 10.9. The van der Waals surface area contributed by atoms with E-state index in [-0.39, 0.29) is 31.3 Å². The summed E-state index contributed by atoms with van der Waals surface area (Å²) in [4.78, 5) is 27.8. The number of carboxylic acid groups (broad SMARTS) is 1. The van der Waals surface area contributed by atoms with Gasteiger partial charge in [-0.1, -0.05) is 0 Å². The van der Waals surface area contributed by atoms with Gasteiger partial charge in [0.2, 0.25) is 5.91 Å². The van der Waals surface area contributed by atoms with E-state index in [1.165, 1.54) is 6.92 Å². The van der Waals surface area contributed by atoms with Crippen LogP contribution < -0.4 is 0 Å². The zero-order valence-electron chi connectivity index (χ0n) is 10.9. The van der Waals surface area contributed by atoms with Gasteiger partial charge in [0.05, 0.1) is 12.5 Å². The quantitative estimate of drug-likeness (QED) is 0.804. The molecule has 2 heterocycles. The predicted molar refractivity (Wildman–Crippen MR) is 63.0 cm³/mol. The molecule has 2 saturated heterocycles. The zero-order chi connectivity index (χ0) is 13.8. The molecular formula is C12H19NO6. The lowest BCUT2D eigenvalue weighted by molar-refractivity contribution is -0.258. The lowest BCUT2D eigenvalue weighted by Crippen LogP contribution is -2.50. The third-order valence-corrected chi connectivity index (χ3v) is 3.24. The van der Waals surface area contributed by atoms with Crippen molar-refractivity contribution in [1.82, 2.24) is 5.06 Å². The fourth-order valence-electron chi connectivity index (χ4n) is 2.13. The third kappa shape index (κ3) is 3.65. The lowest BCUT2D eigenvalue weighted by Gasteiger charge is -2.35. The Bertz CT molecular complexity index is 341. The van der Waals surface area contributed by atoms with Crippen molar-refractivity contribution < 1.29 is 29.0 Å². The molecule has 2 aliphatic rings. The van der Waals surface area contributed by atoms with E-state index < -0.39 is 12.0 Å². The molecule has 2 fully saturated rings. The second-order valence-electron chi connectivity index (χ2n) is 4.79. The van der Waals surface area contributed by atoms with Gasteiger partial charge in [0.25, 0.3) is 0 Å². The van der Waals surface area contributed by atoms with Crippen LogP contribution in [0, 0.1) is 0 Å². The van der Waals surface area contributed by atoms with Crippen LogP contribution in [-0.2, 0) is 23.9 Å². The van der Waals surface area contributed by atoms with Gasteiger partial charge in [-0.2, -0.15) is 0 Å². The van der Waals surface area contributed by atoms with Crippen molar-refractivity contribution >= 4 is 11.9 Å². The Labute approximate surface area is 111 Å². The molecule has 0 aliphatic carbocycles. The molecule has 7 nitrogen and oxygen atoms in total. The first-order chi connectivity index (χ1) is 9.08. The molecule has 108 valence electrons. The van der Waals surface area contributed by atoms with Crippen molar-refractivity contribution in [3.05, 3.63) is 0 Å². The van der Waals surface area contributed by atoms with Crippen molar-refractivity contribution in [2.75, 3.05) is 13.2 Å². The number of aliphatic carboxylic acids is 1. The first-order valence-corrected chi connectivity index (χ1v) is 6.53. The number of hydroxylamine groups is 2. The number of amides is 1. The van der Waals surface area contributed by atoms with Crippen molar-refractivity contribution in [2.45, 2.75) is 51.0 Å². The Kier molecular flexibility index (Phi) is 4.73. The van der Waals surface area contributed by atoms with Crippen molar-refractivity contribution in [2.24, 2.45) is 0 Å². The fraction of sp³-hybridized carbons (Fsp3) is 0.833. The van der Waals surface area contributed by atoms with E-state index in [1.54, 1.807) is 0 Å². The number of carbonyl (C=O) groups is 2. The van der Waals surface area contributed by atoms with Crippen LogP contribution in [0.4, 0.5) is 0 Å². The second-order valence-corrected chi connectivity index (χ2v) is 4.79. The highest BCUT2D eigenvalue weighted by Gasteiger charge is 2.35. The van der Waals surface area contributed by atoms with Gasteiger partial charge < -0.3 is 14.6 Å². The molecular weight excluding hydrogens is 254 g/mol. The summed E-state index contributed by atoms with van der Waals surface area (Å²) in [6, 6.07) is -0.987. The van der Waals surface area contributed by atoms with Gasteiger partial charge in [0, 0.05) is 6.61 Å². The number of ether oxygens (including phenoxy) is 2. The van der Waals surface area contributed by atoms with Crippen LogP contribution in [0.2, 0.25) is 0 Å². The molecule has 1 N–H and O–H groups in total. The van der Waals surface area contributed by atoms with Crippen LogP contribution in [0.3, 0.4) is 0 Å². The fourth-order valence-corrected chi connectivity index (χ4v) is 2.13. The molecule has 3 unspecified atom stereocenters. The molecule has 3 atom stereocenters. The molecule has 7 heteroatoms. The van der Waals surface area contributed by atoms with Crippen LogP contribution in [0.1, 0.15) is 32.6 Å². The van der Waals surface area contributed by atoms with Gasteiger partial charge in [0.1, 0.15) is 6.61 Å². The van der Waals surface area contributed by atoms with E-state index in [9.17, 15) is 9.59 Å². The molecule has 0 spiro atoms. The highest BCUT2D eigenvalue weighted by molar-refractivity contribution is 5.83. The molecule has 2 rings (SSSR count). The van der Waals surface area contributed by atoms with Gasteiger partial charge >= 0.3 is 5.97 Å². The summed E-state index contributed by atoms with van der Waals surface area (Å²) in [6.45, 7) is 2.25. The third-order valence-electron chi connectivity index (χ3n) is 3.24. The average Bonchev–Trinajstić information content (AvgIpc) is 2.39. The van der Waals surface area contributed by atoms with Crippen LogP contribution in [-0.4, -0.2) is 53.7 Å². The maximum Gasteiger partial charge on any atom is 0.328 e. The highest BCUT2D eigenvalue weighted by atomic mass is 16.7. The van der Waals surface area contributed by atoms with Crippen LogP contribution >= 0.6 is 0 Å². The summed E-state index contributed by atoms with van der Waals surface area (Å²) in [5.74, 6) is -1.47. The van der Waals surface area contributed by atoms with E-state index in [0.717, 1.165) is 24.3 Å². The minimum atomic E-state index is -1.09. The highest BCUT2D eigenvalue weighted by Crippen LogP contribution is 2.20. The smallest absolute Gasteiger partial charge is 0.328 e. The summed E-state index contributed by atoms with van der Waals surface area (Å²) in [7, 11) is 0. The number of carboxylic acids is 1. The predicted octanol–water partition coefficient (Wildman–Crippen LogP) is 0.535. The number of carbonyl (C=O) groups excluding carboxylic acids is 1. The van der Waals surface area contributed by atoms with Gasteiger partial charge in [-0.05, 0) is 26.2 Å². The molecule has 0 aromatic carbocycles. The van der Waals surface area contributed by atoms with Gasteiger partial charge in [-0.15, -0.1) is 0 Å². The summed E-state index contributed by atoms with van der Waals surface area (Å²) in [5.41, 5.74) is 0. The van der Waals surface area contributed by atoms with Gasteiger partial charge in [0.15, 0.2) is 12.3 Å². The Morgan fingerprint density at radius 1 is 1.53 bits per heavy atom. The Hall–Kier alpha value is -1.18. The first kappa shape index (κ1) is 14.2. The summed E-state index contributed by atoms with van der Waals surface area (Å²) >= 11 is 0. The number of rotatable bonds is 4. The van der Waals surface area contributed by atoms with Crippen molar-refractivity contribution in [3.63, 3.8) is 0 Å².